The van der Waals surface area contributed by atoms with E-state index >= 15 is 0 Å². The number of halogens is 2. The molecule has 0 saturated carbocycles. The first-order valence-electron chi connectivity index (χ1n) is 6.78. The fourth-order valence-corrected chi connectivity index (χ4v) is 2.11. The van der Waals surface area contributed by atoms with Gasteiger partial charge in [0.25, 0.3) is 0 Å². The molecule has 1 aliphatic heterocycles. The Hall–Kier alpha value is -1.82. The van der Waals surface area contributed by atoms with Crippen LogP contribution in [0.2, 0.25) is 0 Å². The van der Waals surface area contributed by atoms with E-state index in [1.807, 2.05) is 4.90 Å². The van der Waals surface area contributed by atoms with E-state index in [0.717, 1.165) is 31.5 Å². The van der Waals surface area contributed by atoms with Crippen molar-refractivity contribution in [3.05, 3.63) is 35.6 Å². The lowest BCUT2D eigenvalue weighted by atomic mass is 10.1. The summed E-state index contributed by atoms with van der Waals surface area (Å²) in [6.45, 7) is 2.20. The average molecular weight is 314 g/mol. The summed E-state index contributed by atoms with van der Waals surface area (Å²) in [4.78, 5) is 10.3. The van der Waals surface area contributed by atoms with Crippen LogP contribution in [0.1, 0.15) is 24.8 Å². The van der Waals surface area contributed by atoms with Gasteiger partial charge in [0.15, 0.2) is 5.96 Å². The van der Waals surface area contributed by atoms with E-state index in [0.29, 0.717) is 12.5 Å². The van der Waals surface area contributed by atoms with Crippen molar-refractivity contribution in [2.75, 3.05) is 13.1 Å². The number of aliphatic imine (C=N–C) groups is 2. The molecule has 0 aliphatic carbocycles. The van der Waals surface area contributed by atoms with Gasteiger partial charge in [-0.15, -0.1) is 12.4 Å². The fraction of sp³-hybridized carbons (Fsp3) is 0.429. The van der Waals surface area contributed by atoms with Crippen LogP contribution in [-0.4, -0.2) is 29.9 Å². The molecule has 1 fully saturated rings. The Kier molecular flexibility index (Phi) is 6.94. The zero-order valence-electron chi connectivity index (χ0n) is 11.8. The van der Waals surface area contributed by atoms with Crippen molar-refractivity contribution < 1.29 is 4.39 Å². The number of nitrogens with zero attached hydrogens (tertiary/aromatic N) is 3. The first kappa shape index (κ1) is 17.2. The third kappa shape index (κ3) is 5.59. The first-order chi connectivity index (χ1) is 9.65. The van der Waals surface area contributed by atoms with Crippen LogP contribution in [0.3, 0.4) is 0 Å². The van der Waals surface area contributed by atoms with Crippen LogP contribution in [0.4, 0.5) is 4.39 Å². The molecule has 1 aromatic carbocycles. The summed E-state index contributed by atoms with van der Waals surface area (Å²) in [5.41, 5.74) is 12.5. The summed E-state index contributed by atoms with van der Waals surface area (Å²) in [5.74, 6) is 0.306. The molecule has 1 heterocycles. The highest BCUT2D eigenvalue weighted by Gasteiger charge is 2.12. The molecule has 0 bridgehead atoms. The molecule has 116 valence electrons. The molecule has 0 unspecified atom stereocenters. The second kappa shape index (κ2) is 8.46. The molecule has 5 nitrogen and oxygen atoms in total. The van der Waals surface area contributed by atoms with Crippen molar-refractivity contribution in [3.63, 3.8) is 0 Å². The number of benzene rings is 1. The molecule has 0 amide bonds. The molecule has 1 aliphatic rings. The van der Waals surface area contributed by atoms with E-state index in [1.54, 1.807) is 12.1 Å². The predicted octanol–water partition coefficient (Wildman–Crippen LogP) is 1.86. The van der Waals surface area contributed by atoms with Crippen molar-refractivity contribution in [1.29, 1.82) is 0 Å². The highest BCUT2D eigenvalue weighted by molar-refractivity contribution is 5.93. The summed E-state index contributed by atoms with van der Waals surface area (Å²) in [5, 5.41) is 0. The van der Waals surface area contributed by atoms with E-state index in [9.17, 15) is 4.39 Å². The van der Waals surface area contributed by atoms with Gasteiger partial charge in [-0.1, -0.05) is 12.1 Å². The van der Waals surface area contributed by atoms with Crippen LogP contribution in [0, 0.1) is 5.82 Å². The van der Waals surface area contributed by atoms with Crippen molar-refractivity contribution in [2.24, 2.45) is 21.5 Å². The van der Waals surface area contributed by atoms with Crippen molar-refractivity contribution in [3.8, 4) is 0 Å². The van der Waals surface area contributed by atoms with Gasteiger partial charge in [0.2, 0.25) is 5.96 Å². The van der Waals surface area contributed by atoms with Crippen molar-refractivity contribution in [1.82, 2.24) is 4.90 Å². The largest absolute Gasteiger partial charge is 0.369 e. The van der Waals surface area contributed by atoms with E-state index < -0.39 is 0 Å². The molecule has 0 atom stereocenters. The molecule has 7 heteroatoms. The smallest absolute Gasteiger partial charge is 0.218 e. The van der Waals surface area contributed by atoms with Crippen LogP contribution < -0.4 is 11.5 Å². The molecular weight excluding hydrogens is 293 g/mol. The van der Waals surface area contributed by atoms with Gasteiger partial charge < -0.3 is 16.4 Å². The zero-order valence-corrected chi connectivity index (χ0v) is 12.7. The molecule has 1 saturated heterocycles. The number of hydrogen-bond donors (Lipinski definition) is 2. The molecular formula is C14H21ClFN5. The van der Waals surface area contributed by atoms with E-state index in [-0.39, 0.29) is 24.2 Å². The minimum atomic E-state index is -0.266. The Bertz CT molecular complexity index is 495. The van der Waals surface area contributed by atoms with Crippen LogP contribution in [0.25, 0.3) is 0 Å². The lowest BCUT2D eigenvalue weighted by Gasteiger charge is -2.27. The summed E-state index contributed by atoms with van der Waals surface area (Å²) in [6, 6.07) is 6.13. The van der Waals surface area contributed by atoms with Crippen molar-refractivity contribution in [2.45, 2.75) is 25.8 Å². The van der Waals surface area contributed by atoms with E-state index in [4.69, 9.17) is 11.5 Å². The Labute approximate surface area is 130 Å². The van der Waals surface area contributed by atoms with Gasteiger partial charge in [0.1, 0.15) is 5.82 Å². The second-order valence-corrected chi connectivity index (χ2v) is 4.82. The average Bonchev–Trinajstić information content (AvgIpc) is 2.47. The molecule has 0 spiro atoms. The lowest BCUT2D eigenvalue weighted by Crippen LogP contribution is -2.41. The monoisotopic (exact) mass is 313 g/mol. The fourth-order valence-electron chi connectivity index (χ4n) is 2.11. The predicted molar refractivity (Wildman–Crippen MR) is 86.0 cm³/mol. The Morgan fingerprint density at radius 1 is 1.10 bits per heavy atom. The minimum absolute atomic E-state index is 0. The molecule has 4 N–H and O–H groups in total. The van der Waals surface area contributed by atoms with Crippen LogP contribution in [0.5, 0.6) is 0 Å². The molecule has 2 rings (SSSR count). The molecule has 21 heavy (non-hydrogen) atoms. The quantitative estimate of drug-likeness (QED) is 0.646. The second-order valence-electron chi connectivity index (χ2n) is 4.82. The lowest BCUT2D eigenvalue weighted by molar-refractivity contribution is 0.339. The summed E-state index contributed by atoms with van der Waals surface area (Å²) in [6.07, 6.45) is 3.49. The first-order valence-corrected chi connectivity index (χ1v) is 6.78. The normalized spacial score (nSPS) is 16.5. The third-order valence-electron chi connectivity index (χ3n) is 3.25. The van der Waals surface area contributed by atoms with Gasteiger partial charge in [-0.05, 0) is 37.0 Å². The third-order valence-corrected chi connectivity index (χ3v) is 3.25. The maximum absolute atomic E-state index is 12.8. The zero-order chi connectivity index (χ0) is 14.4. The molecule has 0 aromatic heterocycles. The highest BCUT2D eigenvalue weighted by Crippen LogP contribution is 2.08. The number of rotatable bonds is 2. The van der Waals surface area contributed by atoms with Gasteiger partial charge in [-0.2, -0.15) is 4.99 Å². The van der Waals surface area contributed by atoms with Crippen LogP contribution >= 0.6 is 12.4 Å². The number of guanidine groups is 2. The number of nitrogens with two attached hydrogens (primary N) is 2. The molecule has 1 aromatic rings. The summed E-state index contributed by atoms with van der Waals surface area (Å²) >= 11 is 0. The standard InChI is InChI=1S/C14H20FN5.ClH/c15-12-6-4-11(5-7-12)10-18-13(16)19-14(17)20-8-2-1-3-9-20;/h4-7H,1-3,8-10H2,(H4,16,17,18,19);1H. The maximum atomic E-state index is 12.8. The van der Waals surface area contributed by atoms with E-state index in [2.05, 4.69) is 9.98 Å². The Balaban J connectivity index is 0.00000220. The Morgan fingerprint density at radius 2 is 1.71 bits per heavy atom. The topological polar surface area (TPSA) is 80.0 Å². The van der Waals surface area contributed by atoms with Gasteiger partial charge in [0, 0.05) is 13.1 Å². The van der Waals surface area contributed by atoms with Gasteiger partial charge in [0.05, 0.1) is 6.54 Å². The van der Waals surface area contributed by atoms with Gasteiger partial charge in [-0.25, -0.2) is 9.38 Å². The van der Waals surface area contributed by atoms with Crippen LogP contribution in [-0.2, 0) is 6.54 Å². The molecule has 0 radical (unpaired) electrons. The number of likely N-dealkylation sites (tertiary alicyclic amines) is 1. The van der Waals surface area contributed by atoms with E-state index in [1.165, 1.54) is 18.6 Å². The maximum Gasteiger partial charge on any atom is 0.218 e. The number of piperidine rings is 1. The Morgan fingerprint density at radius 3 is 2.33 bits per heavy atom. The van der Waals surface area contributed by atoms with Gasteiger partial charge >= 0.3 is 0 Å². The van der Waals surface area contributed by atoms with Crippen LogP contribution in [0.15, 0.2) is 34.3 Å². The highest BCUT2D eigenvalue weighted by atomic mass is 35.5. The SMILES string of the molecule is Cl.NC(=NCc1ccc(F)cc1)N=C(N)N1CCCCC1. The van der Waals surface area contributed by atoms with Gasteiger partial charge in [-0.3, -0.25) is 0 Å². The minimum Gasteiger partial charge on any atom is -0.369 e. The number of hydrogen-bond acceptors (Lipinski definition) is 1. The van der Waals surface area contributed by atoms with Crippen molar-refractivity contribution >= 4 is 24.3 Å². The summed E-state index contributed by atoms with van der Waals surface area (Å²) in [7, 11) is 0. The summed E-state index contributed by atoms with van der Waals surface area (Å²) < 4.78 is 12.8.